The van der Waals surface area contributed by atoms with Crippen molar-refractivity contribution in [3.05, 3.63) is 70.9 Å². The molecular formula is C25H26N2O4. The number of hydrogen-bond acceptors (Lipinski definition) is 5. The van der Waals surface area contributed by atoms with Crippen molar-refractivity contribution in [2.45, 2.75) is 38.6 Å². The SMILES string of the molecule is COc1ccccc1C(C)NC(=O)COC(=O)c1c2c(nc3ccccc13)CCCC2. The van der Waals surface area contributed by atoms with E-state index in [1.54, 1.807) is 7.11 Å². The highest BCUT2D eigenvalue weighted by Crippen LogP contribution is 2.30. The number of aryl methyl sites for hydroxylation is 1. The standard InChI is InChI=1S/C25H26N2O4/c1-16(17-9-5-8-14-22(17)30-2)26-23(28)15-31-25(29)24-18-10-3-6-12-20(18)27-21-13-7-4-11-19(21)24/h3,5-6,8-10,12,14,16H,4,7,11,13,15H2,1-2H3,(H,26,28). The summed E-state index contributed by atoms with van der Waals surface area (Å²) in [5.41, 5.74) is 4.11. The number of hydrogen-bond donors (Lipinski definition) is 1. The molecule has 0 spiro atoms. The lowest BCUT2D eigenvalue weighted by molar-refractivity contribution is -0.124. The van der Waals surface area contributed by atoms with Crippen LogP contribution in [0.3, 0.4) is 0 Å². The van der Waals surface area contributed by atoms with Gasteiger partial charge in [-0.25, -0.2) is 4.79 Å². The molecule has 1 heterocycles. The highest BCUT2D eigenvalue weighted by Gasteiger charge is 2.24. The van der Waals surface area contributed by atoms with Gasteiger partial charge in [0.15, 0.2) is 6.61 Å². The minimum absolute atomic E-state index is 0.281. The summed E-state index contributed by atoms with van der Waals surface area (Å²) in [5, 5.41) is 3.64. The number of nitrogens with one attached hydrogen (secondary N) is 1. The van der Waals surface area contributed by atoms with Gasteiger partial charge in [0, 0.05) is 16.6 Å². The van der Waals surface area contributed by atoms with Crippen molar-refractivity contribution in [2.24, 2.45) is 0 Å². The second-order valence-electron chi connectivity index (χ2n) is 7.74. The number of methoxy groups -OCH3 is 1. The molecule has 6 nitrogen and oxygen atoms in total. The van der Waals surface area contributed by atoms with Crippen molar-refractivity contribution < 1.29 is 19.1 Å². The molecule has 1 unspecified atom stereocenters. The maximum atomic E-state index is 13.0. The third-order valence-corrected chi connectivity index (χ3v) is 5.69. The molecule has 1 atom stereocenters. The van der Waals surface area contributed by atoms with Crippen LogP contribution in [-0.2, 0) is 22.4 Å². The van der Waals surface area contributed by atoms with Crippen LogP contribution in [0, 0.1) is 0 Å². The predicted molar refractivity (Wildman–Crippen MR) is 118 cm³/mol. The van der Waals surface area contributed by atoms with E-state index in [0.717, 1.165) is 53.4 Å². The quantitative estimate of drug-likeness (QED) is 0.609. The van der Waals surface area contributed by atoms with Crippen molar-refractivity contribution in [1.82, 2.24) is 10.3 Å². The number of benzene rings is 2. The smallest absolute Gasteiger partial charge is 0.339 e. The lowest BCUT2D eigenvalue weighted by Crippen LogP contribution is -2.31. The minimum Gasteiger partial charge on any atom is -0.496 e. The fourth-order valence-corrected chi connectivity index (χ4v) is 4.19. The average Bonchev–Trinajstić information content (AvgIpc) is 2.80. The number of ether oxygens (including phenoxy) is 2. The molecule has 31 heavy (non-hydrogen) atoms. The van der Waals surface area contributed by atoms with Crippen molar-refractivity contribution in [3.63, 3.8) is 0 Å². The lowest BCUT2D eigenvalue weighted by Gasteiger charge is -2.20. The summed E-state index contributed by atoms with van der Waals surface area (Å²) < 4.78 is 10.8. The second-order valence-corrected chi connectivity index (χ2v) is 7.74. The zero-order chi connectivity index (χ0) is 21.8. The van der Waals surface area contributed by atoms with Gasteiger partial charge in [0.2, 0.25) is 0 Å². The van der Waals surface area contributed by atoms with Crippen LogP contribution in [0.1, 0.15) is 53.0 Å². The third kappa shape index (κ3) is 4.38. The molecule has 0 saturated carbocycles. The van der Waals surface area contributed by atoms with Gasteiger partial charge < -0.3 is 14.8 Å². The van der Waals surface area contributed by atoms with Crippen LogP contribution < -0.4 is 10.1 Å². The molecule has 3 aromatic rings. The highest BCUT2D eigenvalue weighted by molar-refractivity contribution is 6.05. The predicted octanol–water partition coefficient (Wildman–Crippen LogP) is 4.16. The van der Waals surface area contributed by atoms with Crippen LogP contribution in [0.15, 0.2) is 48.5 Å². The van der Waals surface area contributed by atoms with Crippen molar-refractivity contribution in [3.8, 4) is 5.75 Å². The molecule has 160 valence electrons. The number of carbonyl (C=O) groups excluding carboxylic acids is 2. The van der Waals surface area contributed by atoms with Gasteiger partial charge in [0.1, 0.15) is 5.75 Å². The number of amides is 1. The largest absolute Gasteiger partial charge is 0.496 e. The topological polar surface area (TPSA) is 77.5 Å². The number of esters is 1. The normalized spacial score (nSPS) is 13.9. The van der Waals surface area contributed by atoms with E-state index in [1.807, 2.05) is 55.5 Å². The minimum atomic E-state index is -0.475. The Bertz CT molecular complexity index is 1130. The number of fused-ring (bicyclic) bond motifs is 2. The Morgan fingerprint density at radius 2 is 1.81 bits per heavy atom. The average molecular weight is 418 g/mol. The molecule has 2 aromatic carbocycles. The summed E-state index contributed by atoms with van der Waals surface area (Å²) in [6.07, 6.45) is 3.74. The van der Waals surface area contributed by atoms with E-state index in [2.05, 4.69) is 5.32 Å². The molecule has 4 rings (SSSR count). The Hall–Kier alpha value is -3.41. The van der Waals surface area contributed by atoms with Gasteiger partial charge in [-0.2, -0.15) is 0 Å². The zero-order valence-corrected chi connectivity index (χ0v) is 17.8. The Balaban J connectivity index is 1.49. The van der Waals surface area contributed by atoms with E-state index in [1.165, 1.54) is 0 Å². The van der Waals surface area contributed by atoms with E-state index < -0.39 is 5.97 Å². The Kier molecular flexibility index (Phi) is 6.16. The molecule has 1 N–H and O–H groups in total. The summed E-state index contributed by atoms with van der Waals surface area (Å²) in [4.78, 5) is 30.3. The molecule has 0 fully saturated rings. The maximum absolute atomic E-state index is 13.0. The molecule has 1 aliphatic rings. The fraction of sp³-hybridized carbons (Fsp3) is 0.320. The van der Waals surface area contributed by atoms with Crippen LogP contribution >= 0.6 is 0 Å². The monoisotopic (exact) mass is 418 g/mol. The second kappa shape index (κ2) is 9.16. The van der Waals surface area contributed by atoms with Crippen LogP contribution in [0.5, 0.6) is 5.75 Å². The number of rotatable bonds is 6. The first-order valence-electron chi connectivity index (χ1n) is 10.6. The number of pyridine rings is 1. The summed E-state index contributed by atoms with van der Waals surface area (Å²) in [6, 6.07) is 14.8. The van der Waals surface area contributed by atoms with Gasteiger partial charge in [0.05, 0.1) is 24.2 Å². The Labute approximate surface area is 181 Å². The van der Waals surface area contributed by atoms with Gasteiger partial charge in [-0.3, -0.25) is 9.78 Å². The van der Waals surface area contributed by atoms with Crippen LogP contribution in [0.4, 0.5) is 0 Å². The molecule has 0 saturated heterocycles. The van der Waals surface area contributed by atoms with Gasteiger partial charge in [0.25, 0.3) is 5.91 Å². The maximum Gasteiger partial charge on any atom is 0.339 e. The summed E-state index contributed by atoms with van der Waals surface area (Å²) in [7, 11) is 1.59. The van der Waals surface area contributed by atoms with Crippen LogP contribution in [0.2, 0.25) is 0 Å². The molecule has 0 bridgehead atoms. The Morgan fingerprint density at radius 1 is 1.06 bits per heavy atom. The van der Waals surface area contributed by atoms with Crippen molar-refractivity contribution >= 4 is 22.8 Å². The lowest BCUT2D eigenvalue weighted by atomic mass is 9.90. The molecular weight excluding hydrogens is 392 g/mol. The Morgan fingerprint density at radius 3 is 2.65 bits per heavy atom. The van der Waals surface area contributed by atoms with Gasteiger partial charge in [-0.15, -0.1) is 0 Å². The molecule has 0 aliphatic heterocycles. The van der Waals surface area contributed by atoms with Crippen LogP contribution in [-0.4, -0.2) is 30.6 Å². The van der Waals surface area contributed by atoms with E-state index in [0.29, 0.717) is 11.3 Å². The van der Waals surface area contributed by atoms with Gasteiger partial charge in [-0.05, 0) is 50.3 Å². The molecule has 0 radical (unpaired) electrons. The fourth-order valence-electron chi connectivity index (χ4n) is 4.19. The number of para-hydroxylation sites is 2. The summed E-state index contributed by atoms with van der Waals surface area (Å²) in [6.45, 7) is 1.52. The van der Waals surface area contributed by atoms with Gasteiger partial charge in [-0.1, -0.05) is 36.4 Å². The number of nitrogens with zero attached hydrogens (tertiary/aromatic N) is 1. The highest BCUT2D eigenvalue weighted by atomic mass is 16.5. The molecule has 6 heteroatoms. The van der Waals surface area contributed by atoms with E-state index in [-0.39, 0.29) is 18.6 Å². The molecule has 1 aliphatic carbocycles. The first-order valence-corrected chi connectivity index (χ1v) is 10.6. The van der Waals surface area contributed by atoms with E-state index in [9.17, 15) is 9.59 Å². The third-order valence-electron chi connectivity index (χ3n) is 5.69. The first-order chi connectivity index (χ1) is 15.1. The van der Waals surface area contributed by atoms with E-state index >= 15 is 0 Å². The van der Waals surface area contributed by atoms with E-state index in [4.69, 9.17) is 14.5 Å². The van der Waals surface area contributed by atoms with Crippen molar-refractivity contribution in [1.29, 1.82) is 0 Å². The van der Waals surface area contributed by atoms with Crippen molar-refractivity contribution in [2.75, 3.05) is 13.7 Å². The zero-order valence-electron chi connectivity index (χ0n) is 17.8. The number of carbonyl (C=O) groups is 2. The molecule has 1 amide bonds. The first kappa shape index (κ1) is 20.8. The van der Waals surface area contributed by atoms with Crippen LogP contribution in [0.25, 0.3) is 10.9 Å². The number of aromatic nitrogens is 1. The summed E-state index contributed by atoms with van der Waals surface area (Å²) >= 11 is 0. The molecule has 1 aromatic heterocycles. The van der Waals surface area contributed by atoms with Gasteiger partial charge >= 0.3 is 5.97 Å². The summed E-state index contributed by atoms with van der Waals surface area (Å²) in [5.74, 6) is -0.141.